The molecule has 0 radical (unpaired) electrons. The van der Waals surface area contributed by atoms with Crippen molar-refractivity contribution in [1.29, 1.82) is 0 Å². The first-order valence-corrected chi connectivity index (χ1v) is 9.61. The molecule has 134 valence electrons. The van der Waals surface area contributed by atoms with Crippen molar-refractivity contribution in [3.05, 3.63) is 51.7 Å². The lowest BCUT2D eigenvalue weighted by molar-refractivity contribution is -0.0198. The van der Waals surface area contributed by atoms with Gasteiger partial charge in [-0.15, -0.1) is 11.3 Å². The zero-order valence-corrected chi connectivity index (χ0v) is 15.8. The minimum Gasteiger partial charge on any atom is -0.488 e. The van der Waals surface area contributed by atoms with Crippen LogP contribution in [0.15, 0.2) is 35.7 Å². The van der Waals surface area contributed by atoms with Crippen LogP contribution in [0, 0.1) is 6.92 Å². The largest absolute Gasteiger partial charge is 0.488 e. The molecule has 25 heavy (non-hydrogen) atoms. The minimum absolute atomic E-state index is 0.00630. The normalized spacial score (nSPS) is 20.8. The molecule has 2 aromatic rings. The number of amides is 1. The highest BCUT2D eigenvalue weighted by Crippen LogP contribution is 2.25. The molecule has 0 aliphatic carbocycles. The van der Waals surface area contributed by atoms with Crippen LogP contribution in [0.3, 0.4) is 0 Å². The summed E-state index contributed by atoms with van der Waals surface area (Å²) in [6.07, 6.45) is -0.333. The molecule has 1 aliphatic heterocycles. The smallest absolute Gasteiger partial charge is 0.264 e. The van der Waals surface area contributed by atoms with Gasteiger partial charge in [-0.3, -0.25) is 4.79 Å². The summed E-state index contributed by atoms with van der Waals surface area (Å²) in [5.41, 5.74) is 2.21. The highest BCUT2D eigenvalue weighted by molar-refractivity contribution is 7.12. The number of carbonyl (C=O) groups excluding carboxylic acids is 1. The summed E-state index contributed by atoms with van der Waals surface area (Å²) in [5, 5.41) is 12.4. The van der Waals surface area contributed by atoms with Gasteiger partial charge in [-0.2, -0.15) is 0 Å². The van der Waals surface area contributed by atoms with Gasteiger partial charge in [0.15, 0.2) is 0 Å². The van der Waals surface area contributed by atoms with Crippen LogP contribution in [-0.4, -0.2) is 41.2 Å². The predicted octanol–water partition coefficient (Wildman–Crippen LogP) is 3.83. The van der Waals surface area contributed by atoms with E-state index in [0.717, 1.165) is 16.2 Å². The maximum Gasteiger partial charge on any atom is 0.264 e. The van der Waals surface area contributed by atoms with Gasteiger partial charge in [0, 0.05) is 13.0 Å². The summed E-state index contributed by atoms with van der Waals surface area (Å²) >= 11 is 1.46. The van der Waals surface area contributed by atoms with Crippen LogP contribution in [-0.2, 0) is 0 Å². The van der Waals surface area contributed by atoms with Crippen molar-refractivity contribution in [2.24, 2.45) is 0 Å². The number of ether oxygens (including phenoxy) is 1. The average molecular weight is 359 g/mol. The van der Waals surface area contributed by atoms with Gasteiger partial charge in [0.05, 0.1) is 11.4 Å². The summed E-state index contributed by atoms with van der Waals surface area (Å²) < 4.78 is 6.02. The molecule has 2 heterocycles. The third-order valence-corrected chi connectivity index (χ3v) is 5.68. The van der Waals surface area contributed by atoms with Gasteiger partial charge in [0.2, 0.25) is 0 Å². The second-order valence-corrected chi connectivity index (χ2v) is 7.84. The Morgan fingerprint density at radius 3 is 2.80 bits per heavy atom. The number of thiophene rings is 1. The molecule has 1 aromatic carbocycles. The van der Waals surface area contributed by atoms with Crippen molar-refractivity contribution >= 4 is 17.2 Å². The van der Waals surface area contributed by atoms with Crippen molar-refractivity contribution < 1.29 is 14.6 Å². The van der Waals surface area contributed by atoms with Crippen LogP contribution in [0.4, 0.5) is 0 Å². The highest BCUT2D eigenvalue weighted by atomic mass is 32.1. The van der Waals surface area contributed by atoms with Crippen molar-refractivity contribution in [3.63, 3.8) is 0 Å². The number of aliphatic hydroxyl groups excluding tert-OH is 1. The van der Waals surface area contributed by atoms with E-state index in [1.54, 1.807) is 4.90 Å². The first-order chi connectivity index (χ1) is 12.0. The van der Waals surface area contributed by atoms with Crippen molar-refractivity contribution in [3.8, 4) is 5.75 Å². The standard InChI is InChI=1S/C20H25NO3S/c1-13(2)15-5-4-6-16(11-15)24-18-7-9-21(12-17(18)22)20(23)19-14(3)8-10-25-19/h4-6,8,10-11,13,17-18,22H,7,9,12H2,1-3H3/t17-,18-/m1/s1. The maximum atomic E-state index is 12.6. The number of aliphatic hydroxyl groups is 1. The van der Waals surface area contributed by atoms with Crippen LogP contribution in [0.1, 0.15) is 47.0 Å². The van der Waals surface area contributed by atoms with E-state index < -0.39 is 6.10 Å². The van der Waals surface area contributed by atoms with E-state index in [4.69, 9.17) is 4.74 Å². The van der Waals surface area contributed by atoms with E-state index in [-0.39, 0.29) is 12.0 Å². The molecule has 5 heteroatoms. The number of likely N-dealkylation sites (tertiary alicyclic amines) is 1. The molecular formula is C20H25NO3S. The number of piperidine rings is 1. The van der Waals surface area contributed by atoms with Gasteiger partial charge < -0.3 is 14.7 Å². The van der Waals surface area contributed by atoms with E-state index in [1.807, 2.05) is 36.6 Å². The molecule has 1 saturated heterocycles. The summed E-state index contributed by atoms with van der Waals surface area (Å²) in [5.74, 6) is 1.22. The van der Waals surface area contributed by atoms with Gasteiger partial charge >= 0.3 is 0 Å². The zero-order chi connectivity index (χ0) is 18.0. The Hall–Kier alpha value is -1.85. The van der Waals surface area contributed by atoms with Crippen molar-refractivity contribution in [2.75, 3.05) is 13.1 Å². The molecule has 1 amide bonds. The van der Waals surface area contributed by atoms with E-state index in [9.17, 15) is 9.90 Å². The molecule has 0 unspecified atom stereocenters. The number of benzene rings is 1. The fraction of sp³-hybridized carbons (Fsp3) is 0.450. The number of rotatable bonds is 4. The molecule has 0 saturated carbocycles. The molecular weight excluding hydrogens is 334 g/mol. The Balaban J connectivity index is 1.63. The van der Waals surface area contributed by atoms with Crippen LogP contribution in [0.25, 0.3) is 0 Å². The molecule has 0 bridgehead atoms. The van der Waals surface area contributed by atoms with E-state index in [2.05, 4.69) is 19.9 Å². The van der Waals surface area contributed by atoms with Crippen LogP contribution >= 0.6 is 11.3 Å². The number of hydrogen-bond acceptors (Lipinski definition) is 4. The predicted molar refractivity (Wildman–Crippen MR) is 101 cm³/mol. The Morgan fingerprint density at radius 1 is 1.36 bits per heavy atom. The number of carbonyl (C=O) groups is 1. The van der Waals surface area contributed by atoms with Crippen LogP contribution < -0.4 is 4.74 Å². The van der Waals surface area contributed by atoms with Crippen LogP contribution in [0.5, 0.6) is 5.75 Å². The molecule has 2 atom stereocenters. The van der Waals surface area contributed by atoms with E-state index in [0.29, 0.717) is 25.4 Å². The van der Waals surface area contributed by atoms with Crippen molar-refractivity contribution in [2.45, 2.75) is 45.3 Å². The summed E-state index contributed by atoms with van der Waals surface area (Å²) in [4.78, 5) is 15.1. The molecule has 4 nitrogen and oxygen atoms in total. The highest BCUT2D eigenvalue weighted by Gasteiger charge is 2.32. The van der Waals surface area contributed by atoms with Gasteiger partial charge in [-0.05, 0) is 47.5 Å². The van der Waals surface area contributed by atoms with E-state index >= 15 is 0 Å². The van der Waals surface area contributed by atoms with Gasteiger partial charge in [-0.25, -0.2) is 0 Å². The second-order valence-electron chi connectivity index (χ2n) is 6.92. The number of nitrogens with zero attached hydrogens (tertiary/aromatic N) is 1. The first-order valence-electron chi connectivity index (χ1n) is 8.73. The SMILES string of the molecule is Cc1ccsc1C(=O)N1CC[C@@H](Oc2cccc(C(C)C)c2)[C@H](O)C1. The molecule has 0 spiro atoms. The number of hydrogen-bond donors (Lipinski definition) is 1. The number of β-amino-alcohol motifs (C(OH)–C–C–N with tert-alkyl or cyclic N) is 1. The fourth-order valence-electron chi connectivity index (χ4n) is 3.09. The average Bonchev–Trinajstić information content (AvgIpc) is 3.02. The van der Waals surface area contributed by atoms with Gasteiger partial charge in [0.1, 0.15) is 18.0 Å². The first kappa shape index (κ1) is 18.0. The lowest BCUT2D eigenvalue weighted by Gasteiger charge is -2.36. The summed E-state index contributed by atoms with van der Waals surface area (Å²) in [6, 6.07) is 9.97. The Kier molecular flexibility index (Phi) is 5.45. The molecule has 3 rings (SSSR count). The second kappa shape index (κ2) is 7.58. The third-order valence-electron chi connectivity index (χ3n) is 4.68. The Labute approximate surface area is 153 Å². The molecule has 1 aliphatic rings. The number of aryl methyl sites for hydroxylation is 1. The lowest BCUT2D eigenvalue weighted by Crippen LogP contribution is -2.51. The summed E-state index contributed by atoms with van der Waals surface area (Å²) in [7, 11) is 0. The van der Waals surface area contributed by atoms with Gasteiger partial charge in [0.25, 0.3) is 5.91 Å². The van der Waals surface area contributed by atoms with Crippen molar-refractivity contribution in [1.82, 2.24) is 4.90 Å². The maximum absolute atomic E-state index is 12.6. The monoisotopic (exact) mass is 359 g/mol. The van der Waals surface area contributed by atoms with Gasteiger partial charge in [-0.1, -0.05) is 26.0 Å². The lowest BCUT2D eigenvalue weighted by atomic mass is 10.0. The Morgan fingerprint density at radius 2 is 2.16 bits per heavy atom. The fourth-order valence-corrected chi connectivity index (χ4v) is 3.98. The molecule has 1 N–H and O–H groups in total. The van der Waals surface area contributed by atoms with Crippen LogP contribution in [0.2, 0.25) is 0 Å². The van der Waals surface area contributed by atoms with E-state index in [1.165, 1.54) is 16.9 Å². The zero-order valence-electron chi connectivity index (χ0n) is 14.9. The summed E-state index contributed by atoms with van der Waals surface area (Å²) in [6.45, 7) is 7.14. The Bertz CT molecular complexity index is 740. The molecule has 1 fully saturated rings. The minimum atomic E-state index is -0.680. The topological polar surface area (TPSA) is 49.8 Å². The molecule has 1 aromatic heterocycles. The third kappa shape index (κ3) is 4.05. The quantitative estimate of drug-likeness (QED) is 0.902.